The first-order valence-electron chi connectivity index (χ1n) is 7.02. The van der Waals surface area contributed by atoms with E-state index in [1.54, 1.807) is 0 Å². The fourth-order valence-electron chi connectivity index (χ4n) is 2.44. The van der Waals surface area contributed by atoms with E-state index in [1.807, 2.05) is 45.2 Å². The first-order valence-corrected chi connectivity index (χ1v) is 7.02. The van der Waals surface area contributed by atoms with Gasteiger partial charge >= 0.3 is 0 Å². The number of fused-ring (bicyclic) bond motifs is 1. The van der Waals surface area contributed by atoms with Crippen molar-refractivity contribution in [3.63, 3.8) is 0 Å². The van der Waals surface area contributed by atoms with Crippen molar-refractivity contribution in [1.29, 1.82) is 0 Å². The third kappa shape index (κ3) is 3.30. The molecule has 0 aliphatic rings. The van der Waals surface area contributed by atoms with E-state index >= 15 is 0 Å². The van der Waals surface area contributed by atoms with Gasteiger partial charge in [0.05, 0.1) is 12.7 Å². The SMILES string of the molecule is CNC(C)(CO)CC(C)Oc1cccc2ccccc12. The van der Waals surface area contributed by atoms with Crippen molar-refractivity contribution >= 4 is 10.8 Å². The van der Waals surface area contributed by atoms with Crippen LogP contribution in [0.2, 0.25) is 0 Å². The second-order valence-corrected chi connectivity index (χ2v) is 5.58. The van der Waals surface area contributed by atoms with Gasteiger partial charge in [-0.3, -0.25) is 0 Å². The summed E-state index contributed by atoms with van der Waals surface area (Å²) in [4.78, 5) is 0. The molecule has 0 saturated carbocycles. The maximum Gasteiger partial charge on any atom is 0.127 e. The van der Waals surface area contributed by atoms with Crippen LogP contribution in [-0.4, -0.2) is 30.4 Å². The topological polar surface area (TPSA) is 41.5 Å². The van der Waals surface area contributed by atoms with Crippen LogP contribution in [0.3, 0.4) is 0 Å². The summed E-state index contributed by atoms with van der Waals surface area (Å²) in [6.07, 6.45) is 0.758. The lowest BCUT2D eigenvalue weighted by atomic mass is 9.96. The third-order valence-electron chi connectivity index (χ3n) is 3.77. The monoisotopic (exact) mass is 273 g/mol. The molecular formula is C17H23NO2. The van der Waals surface area contributed by atoms with Crippen molar-refractivity contribution in [2.75, 3.05) is 13.7 Å². The summed E-state index contributed by atoms with van der Waals surface area (Å²) in [5.41, 5.74) is -0.315. The maximum absolute atomic E-state index is 9.45. The van der Waals surface area contributed by atoms with E-state index in [0.717, 1.165) is 17.6 Å². The van der Waals surface area contributed by atoms with E-state index in [9.17, 15) is 5.11 Å². The minimum atomic E-state index is -0.315. The van der Waals surface area contributed by atoms with E-state index in [1.165, 1.54) is 5.39 Å². The standard InChI is InChI=1S/C17H23NO2/c1-13(11-17(2,12-19)18-3)20-16-10-6-8-14-7-4-5-9-15(14)16/h4-10,13,18-19H,11-12H2,1-3H3. The zero-order chi connectivity index (χ0) is 14.6. The molecule has 20 heavy (non-hydrogen) atoms. The molecule has 2 rings (SSSR count). The van der Waals surface area contributed by atoms with Crippen LogP contribution >= 0.6 is 0 Å². The maximum atomic E-state index is 9.45. The van der Waals surface area contributed by atoms with Crippen LogP contribution in [0.5, 0.6) is 5.75 Å². The molecule has 3 heteroatoms. The normalized spacial score (nSPS) is 15.8. The molecule has 2 aromatic carbocycles. The van der Waals surface area contributed by atoms with Crippen LogP contribution in [0.15, 0.2) is 42.5 Å². The van der Waals surface area contributed by atoms with Gasteiger partial charge < -0.3 is 15.2 Å². The molecule has 2 unspecified atom stereocenters. The summed E-state index contributed by atoms with van der Waals surface area (Å²) in [6, 6.07) is 14.3. The van der Waals surface area contributed by atoms with Gasteiger partial charge in [-0.2, -0.15) is 0 Å². The Kier molecular flexibility index (Phi) is 4.63. The smallest absolute Gasteiger partial charge is 0.127 e. The molecular weight excluding hydrogens is 250 g/mol. The molecule has 0 spiro atoms. The molecule has 0 aliphatic heterocycles. The van der Waals surface area contributed by atoms with E-state index in [4.69, 9.17) is 4.74 Å². The number of ether oxygens (including phenoxy) is 1. The second kappa shape index (κ2) is 6.25. The number of aliphatic hydroxyl groups excluding tert-OH is 1. The van der Waals surface area contributed by atoms with E-state index in [0.29, 0.717) is 0 Å². The lowest BCUT2D eigenvalue weighted by Crippen LogP contribution is -2.46. The number of hydrogen-bond acceptors (Lipinski definition) is 3. The van der Waals surface area contributed by atoms with Gasteiger partial charge in [-0.25, -0.2) is 0 Å². The Balaban J connectivity index is 2.16. The molecule has 0 heterocycles. The van der Waals surface area contributed by atoms with E-state index in [-0.39, 0.29) is 18.2 Å². The van der Waals surface area contributed by atoms with Gasteiger partial charge in [0.2, 0.25) is 0 Å². The van der Waals surface area contributed by atoms with Crippen LogP contribution in [0, 0.1) is 0 Å². The van der Waals surface area contributed by atoms with Crippen LogP contribution < -0.4 is 10.1 Å². The van der Waals surface area contributed by atoms with Crippen molar-refractivity contribution in [2.45, 2.75) is 31.9 Å². The predicted molar refractivity (Wildman–Crippen MR) is 83.2 cm³/mol. The summed E-state index contributed by atoms with van der Waals surface area (Å²) in [6.45, 7) is 4.12. The molecule has 0 radical (unpaired) electrons. The fourth-order valence-corrected chi connectivity index (χ4v) is 2.44. The Morgan fingerprint density at radius 1 is 1.20 bits per heavy atom. The van der Waals surface area contributed by atoms with E-state index < -0.39 is 0 Å². The predicted octanol–water partition coefficient (Wildman–Crippen LogP) is 2.97. The first kappa shape index (κ1) is 14.8. The lowest BCUT2D eigenvalue weighted by molar-refractivity contribution is 0.116. The van der Waals surface area contributed by atoms with Crippen LogP contribution in [-0.2, 0) is 0 Å². The molecule has 108 valence electrons. The average Bonchev–Trinajstić information content (AvgIpc) is 2.47. The van der Waals surface area contributed by atoms with Crippen LogP contribution in [0.4, 0.5) is 0 Å². The quantitative estimate of drug-likeness (QED) is 0.850. The summed E-state index contributed by atoms with van der Waals surface area (Å²) < 4.78 is 6.08. The van der Waals surface area contributed by atoms with Crippen molar-refractivity contribution in [2.24, 2.45) is 0 Å². The summed E-state index contributed by atoms with van der Waals surface area (Å²) in [5.74, 6) is 0.895. The second-order valence-electron chi connectivity index (χ2n) is 5.58. The Morgan fingerprint density at radius 3 is 2.60 bits per heavy atom. The number of benzene rings is 2. The van der Waals surface area contributed by atoms with Crippen LogP contribution in [0.1, 0.15) is 20.3 Å². The molecule has 0 amide bonds. The van der Waals surface area contributed by atoms with Gasteiger partial charge in [-0.1, -0.05) is 36.4 Å². The van der Waals surface area contributed by atoms with Gasteiger partial charge in [-0.15, -0.1) is 0 Å². The molecule has 0 saturated heterocycles. The van der Waals surface area contributed by atoms with Crippen molar-refractivity contribution < 1.29 is 9.84 Å². The Morgan fingerprint density at radius 2 is 1.90 bits per heavy atom. The third-order valence-corrected chi connectivity index (χ3v) is 3.77. The Labute approximate surface area is 120 Å². The summed E-state index contributed by atoms with van der Waals surface area (Å²) in [7, 11) is 1.86. The molecule has 2 aromatic rings. The molecule has 0 aliphatic carbocycles. The molecule has 2 N–H and O–H groups in total. The van der Waals surface area contributed by atoms with Crippen molar-refractivity contribution in [3.8, 4) is 5.75 Å². The van der Waals surface area contributed by atoms with Gasteiger partial charge in [0, 0.05) is 17.3 Å². The minimum absolute atomic E-state index is 0.0189. The Hall–Kier alpha value is -1.58. The minimum Gasteiger partial charge on any atom is -0.490 e. The van der Waals surface area contributed by atoms with Crippen molar-refractivity contribution in [1.82, 2.24) is 5.32 Å². The first-order chi connectivity index (χ1) is 9.58. The highest BCUT2D eigenvalue weighted by atomic mass is 16.5. The number of hydrogen-bond donors (Lipinski definition) is 2. The highest BCUT2D eigenvalue weighted by Crippen LogP contribution is 2.27. The number of likely N-dealkylation sites (N-methyl/N-ethyl adjacent to an activating group) is 1. The zero-order valence-electron chi connectivity index (χ0n) is 12.4. The summed E-state index contributed by atoms with van der Waals surface area (Å²) >= 11 is 0. The van der Waals surface area contributed by atoms with Gasteiger partial charge in [0.15, 0.2) is 0 Å². The Bertz CT molecular complexity index is 558. The van der Waals surface area contributed by atoms with Gasteiger partial charge in [-0.05, 0) is 32.3 Å². The molecule has 2 atom stereocenters. The van der Waals surface area contributed by atoms with E-state index in [2.05, 4.69) is 23.5 Å². The lowest BCUT2D eigenvalue weighted by Gasteiger charge is -2.30. The summed E-state index contributed by atoms with van der Waals surface area (Å²) in [5, 5.41) is 14.9. The average molecular weight is 273 g/mol. The molecule has 0 bridgehead atoms. The van der Waals surface area contributed by atoms with Crippen molar-refractivity contribution in [3.05, 3.63) is 42.5 Å². The van der Waals surface area contributed by atoms with Gasteiger partial charge in [0.1, 0.15) is 5.75 Å². The molecule has 0 fully saturated rings. The molecule has 0 aromatic heterocycles. The zero-order valence-corrected chi connectivity index (χ0v) is 12.4. The fraction of sp³-hybridized carbons (Fsp3) is 0.412. The van der Waals surface area contributed by atoms with Crippen LogP contribution in [0.25, 0.3) is 10.8 Å². The highest BCUT2D eigenvalue weighted by molar-refractivity contribution is 5.88. The highest BCUT2D eigenvalue weighted by Gasteiger charge is 2.24. The largest absolute Gasteiger partial charge is 0.490 e. The van der Waals surface area contributed by atoms with Gasteiger partial charge in [0.25, 0.3) is 0 Å². The number of aliphatic hydroxyl groups is 1. The number of nitrogens with one attached hydrogen (secondary N) is 1. The molecule has 3 nitrogen and oxygen atoms in total. The number of rotatable bonds is 6.